The quantitative estimate of drug-likeness (QED) is 0.665. The average molecular weight is 391 g/mol. The van der Waals surface area contributed by atoms with E-state index in [0.717, 1.165) is 12.1 Å². The molecule has 0 bridgehead atoms. The van der Waals surface area contributed by atoms with Crippen molar-refractivity contribution in [3.05, 3.63) is 29.3 Å². The zero-order chi connectivity index (χ0) is 20.2. The normalized spacial score (nSPS) is 16.3. The third-order valence-corrected chi connectivity index (χ3v) is 4.26. The lowest BCUT2D eigenvalue weighted by atomic mass is 9.88. The number of benzene rings is 1. The van der Waals surface area contributed by atoms with Crippen molar-refractivity contribution in [2.45, 2.75) is 51.3 Å². The van der Waals surface area contributed by atoms with Crippen LogP contribution in [0.3, 0.4) is 0 Å². The van der Waals surface area contributed by atoms with E-state index in [1.54, 1.807) is 25.7 Å². The predicted molar refractivity (Wildman–Crippen MR) is 92.7 cm³/mol. The molecule has 8 heteroatoms. The molecule has 1 aromatic carbocycles. The lowest BCUT2D eigenvalue weighted by Crippen LogP contribution is -2.41. The fraction of sp³-hybridized carbons (Fsp3) is 0.632. The van der Waals surface area contributed by atoms with E-state index in [-0.39, 0.29) is 18.3 Å². The van der Waals surface area contributed by atoms with E-state index in [9.17, 15) is 22.4 Å². The molecule has 0 atom stereocenters. The minimum atomic E-state index is -4.49. The Labute approximate surface area is 156 Å². The van der Waals surface area contributed by atoms with Crippen LogP contribution in [-0.4, -0.2) is 43.0 Å². The van der Waals surface area contributed by atoms with Crippen LogP contribution in [0.25, 0.3) is 0 Å². The highest BCUT2D eigenvalue weighted by Crippen LogP contribution is 2.39. The summed E-state index contributed by atoms with van der Waals surface area (Å²) in [6.07, 6.45) is -3.76. The Morgan fingerprint density at radius 1 is 1.19 bits per heavy atom. The van der Waals surface area contributed by atoms with Gasteiger partial charge < -0.3 is 14.4 Å². The number of rotatable bonds is 4. The number of amides is 1. The molecule has 1 heterocycles. The smallest absolute Gasteiger partial charge is 0.416 e. The molecule has 0 spiro atoms. The molecular formula is C19H25F4NO3. The van der Waals surface area contributed by atoms with Crippen LogP contribution in [0.15, 0.2) is 18.2 Å². The molecular weight excluding hydrogens is 366 g/mol. The molecule has 1 saturated heterocycles. The minimum absolute atomic E-state index is 0.0539. The highest BCUT2D eigenvalue weighted by molar-refractivity contribution is 5.68. The van der Waals surface area contributed by atoms with E-state index in [4.69, 9.17) is 9.47 Å². The van der Waals surface area contributed by atoms with Gasteiger partial charge in [-0.25, -0.2) is 9.18 Å². The Morgan fingerprint density at radius 3 is 2.33 bits per heavy atom. The Kier molecular flexibility index (Phi) is 6.59. The molecule has 1 aromatic rings. The number of carbonyl (C=O) groups excluding carboxylic acids is 1. The van der Waals surface area contributed by atoms with Crippen molar-refractivity contribution in [2.24, 2.45) is 0 Å². The molecule has 0 saturated carbocycles. The Hall–Kier alpha value is -1.99. The van der Waals surface area contributed by atoms with Crippen LogP contribution in [0.2, 0.25) is 0 Å². The summed E-state index contributed by atoms with van der Waals surface area (Å²) in [5.74, 6) is -0.0150. The molecule has 0 aromatic heterocycles. The van der Waals surface area contributed by atoms with Gasteiger partial charge in [-0.05, 0) is 57.2 Å². The second kappa shape index (κ2) is 8.35. The summed E-state index contributed by atoms with van der Waals surface area (Å²) in [6.45, 7) is 5.14. The van der Waals surface area contributed by atoms with Crippen molar-refractivity contribution in [2.75, 3.05) is 26.4 Å². The number of hydrogen-bond donors (Lipinski definition) is 0. The molecule has 152 valence electrons. The summed E-state index contributed by atoms with van der Waals surface area (Å²) >= 11 is 0. The minimum Gasteiger partial charge on any atom is -0.491 e. The standard InChI is InChI=1S/C19H25F4NO3/c1-18(2,3)27-17(25)24-9-6-13(7-10-24)15-5-4-14(19(21,22)23)12-16(15)26-11-8-20/h4-5,12-13H,6-11H2,1-3H3. The number of hydrogen-bond acceptors (Lipinski definition) is 3. The van der Waals surface area contributed by atoms with Crippen molar-refractivity contribution in [1.82, 2.24) is 4.90 Å². The number of halogens is 4. The summed E-state index contributed by atoms with van der Waals surface area (Å²) in [4.78, 5) is 13.7. The second-order valence-electron chi connectivity index (χ2n) is 7.53. The average Bonchev–Trinajstić information content (AvgIpc) is 2.57. The van der Waals surface area contributed by atoms with Crippen LogP contribution in [-0.2, 0) is 10.9 Å². The van der Waals surface area contributed by atoms with Crippen LogP contribution in [0.4, 0.5) is 22.4 Å². The molecule has 0 N–H and O–H groups in total. The number of carbonyl (C=O) groups is 1. The zero-order valence-corrected chi connectivity index (χ0v) is 15.7. The summed E-state index contributed by atoms with van der Waals surface area (Å²) in [5, 5.41) is 0. The maximum Gasteiger partial charge on any atom is 0.416 e. The first-order valence-corrected chi connectivity index (χ1v) is 8.89. The van der Waals surface area contributed by atoms with Gasteiger partial charge in [-0.2, -0.15) is 13.2 Å². The van der Waals surface area contributed by atoms with Gasteiger partial charge in [0.1, 0.15) is 24.6 Å². The molecule has 0 radical (unpaired) electrons. The number of ether oxygens (including phenoxy) is 2. The number of nitrogens with zero attached hydrogens (tertiary/aromatic N) is 1. The van der Waals surface area contributed by atoms with E-state index in [2.05, 4.69) is 0 Å². The van der Waals surface area contributed by atoms with Gasteiger partial charge in [0.25, 0.3) is 0 Å². The highest BCUT2D eigenvalue weighted by atomic mass is 19.4. The zero-order valence-electron chi connectivity index (χ0n) is 15.7. The molecule has 1 aliphatic rings. The van der Waals surface area contributed by atoms with Crippen LogP contribution in [0.1, 0.15) is 50.7 Å². The highest BCUT2D eigenvalue weighted by Gasteiger charge is 2.33. The third kappa shape index (κ3) is 6.01. The van der Waals surface area contributed by atoms with E-state index in [0.29, 0.717) is 31.5 Å². The molecule has 1 amide bonds. The van der Waals surface area contributed by atoms with Crippen molar-refractivity contribution < 1.29 is 31.8 Å². The van der Waals surface area contributed by atoms with E-state index < -0.39 is 30.1 Å². The summed E-state index contributed by atoms with van der Waals surface area (Å²) in [5.41, 5.74) is -0.805. The van der Waals surface area contributed by atoms with Gasteiger partial charge in [-0.15, -0.1) is 0 Å². The van der Waals surface area contributed by atoms with Crippen molar-refractivity contribution in [3.8, 4) is 5.75 Å². The van der Waals surface area contributed by atoms with E-state index in [1.807, 2.05) is 0 Å². The lowest BCUT2D eigenvalue weighted by molar-refractivity contribution is -0.137. The number of likely N-dealkylation sites (tertiary alicyclic amines) is 1. The second-order valence-corrected chi connectivity index (χ2v) is 7.53. The van der Waals surface area contributed by atoms with Crippen molar-refractivity contribution in [1.29, 1.82) is 0 Å². The van der Waals surface area contributed by atoms with Gasteiger partial charge in [-0.1, -0.05) is 6.07 Å². The van der Waals surface area contributed by atoms with Gasteiger partial charge in [0.05, 0.1) is 5.56 Å². The van der Waals surface area contributed by atoms with Crippen LogP contribution in [0.5, 0.6) is 5.75 Å². The van der Waals surface area contributed by atoms with Crippen LogP contribution >= 0.6 is 0 Å². The number of alkyl halides is 4. The molecule has 1 aliphatic heterocycles. The maximum absolute atomic E-state index is 13.0. The van der Waals surface area contributed by atoms with Gasteiger partial charge in [0.15, 0.2) is 0 Å². The summed E-state index contributed by atoms with van der Waals surface area (Å²) in [6, 6.07) is 3.33. The first-order valence-electron chi connectivity index (χ1n) is 8.89. The Bertz CT molecular complexity index is 647. The molecule has 0 aliphatic carbocycles. The lowest BCUT2D eigenvalue weighted by Gasteiger charge is -2.34. The van der Waals surface area contributed by atoms with Gasteiger partial charge in [0.2, 0.25) is 0 Å². The Morgan fingerprint density at radius 2 is 1.81 bits per heavy atom. The molecule has 0 unspecified atom stereocenters. The fourth-order valence-electron chi connectivity index (χ4n) is 3.02. The molecule has 2 rings (SSSR count). The van der Waals surface area contributed by atoms with Crippen LogP contribution < -0.4 is 4.74 Å². The molecule has 27 heavy (non-hydrogen) atoms. The molecule has 1 fully saturated rings. The first-order chi connectivity index (χ1) is 12.5. The largest absolute Gasteiger partial charge is 0.491 e. The fourth-order valence-corrected chi connectivity index (χ4v) is 3.02. The van der Waals surface area contributed by atoms with Gasteiger partial charge in [-0.3, -0.25) is 0 Å². The summed E-state index contributed by atoms with van der Waals surface area (Å²) < 4.78 is 61.9. The van der Waals surface area contributed by atoms with Gasteiger partial charge in [0, 0.05) is 13.1 Å². The van der Waals surface area contributed by atoms with E-state index >= 15 is 0 Å². The molecule has 4 nitrogen and oxygen atoms in total. The maximum atomic E-state index is 13.0. The monoisotopic (exact) mass is 391 g/mol. The summed E-state index contributed by atoms with van der Waals surface area (Å²) in [7, 11) is 0. The van der Waals surface area contributed by atoms with Crippen molar-refractivity contribution >= 4 is 6.09 Å². The van der Waals surface area contributed by atoms with Crippen molar-refractivity contribution in [3.63, 3.8) is 0 Å². The van der Waals surface area contributed by atoms with Crippen LogP contribution in [0, 0.1) is 0 Å². The predicted octanol–water partition coefficient (Wildman–Crippen LogP) is 5.17. The van der Waals surface area contributed by atoms with E-state index in [1.165, 1.54) is 6.07 Å². The number of piperidine rings is 1. The topological polar surface area (TPSA) is 38.8 Å². The SMILES string of the molecule is CC(C)(C)OC(=O)N1CCC(c2ccc(C(F)(F)F)cc2OCCF)CC1. The third-order valence-electron chi connectivity index (χ3n) is 4.26. The Balaban J connectivity index is 2.11. The first kappa shape index (κ1) is 21.3. The van der Waals surface area contributed by atoms with Gasteiger partial charge >= 0.3 is 12.3 Å².